The van der Waals surface area contributed by atoms with Gasteiger partial charge in [-0.25, -0.2) is 18.5 Å². The lowest BCUT2D eigenvalue weighted by Crippen LogP contribution is -2.49. The van der Waals surface area contributed by atoms with Gasteiger partial charge in [0.2, 0.25) is 0 Å². The fraction of sp³-hybridized carbons (Fsp3) is 0.406. The number of aromatic nitrogens is 3. The maximum atomic E-state index is 14.8. The van der Waals surface area contributed by atoms with E-state index in [1.165, 1.54) is 29.9 Å². The highest BCUT2D eigenvalue weighted by molar-refractivity contribution is 7.52. The minimum Gasteiger partial charge on any atom is -0.461 e. The molecule has 0 spiro atoms. The number of hydrogen-bond acceptors (Lipinski definition) is 12. The maximum absolute atomic E-state index is 14.8. The van der Waals surface area contributed by atoms with Gasteiger partial charge in [-0.2, -0.15) is 10.2 Å². The molecule has 0 saturated carbocycles. The predicted octanol–water partition coefficient (Wildman–Crippen LogP) is 3.53. The van der Waals surface area contributed by atoms with E-state index in [0.29, 0.717) is 12.1 Å². The molecule has 3 heterocycles. The van der Waals surface area contributed by atoms with Crippen LogP contribution in [0.4, 0.5) is 10.2 Å². The Bertz CT molecular complexity index is 1730. The summed E-state index contributed by atoms with van der Waals surface area (Å²) in [4.78, 5) is 16.9. The molecule has 0 radical (unpaired) electrons. The van der Waals surface area contributed by atoms with E-state index in [2.05, 4.69) is 15.2 Å². The van der Waals surface area contributed by atoms with Crippen LogP contribution in [0.2, 0.25) is 0 Å². The van der Waals surface area contributed by atoms with Crippen LogP contribution in [0.5, 0.6) is 5.75 Å². The highest BCUT2D eigenvalue weighted by Gasteiger charge is 2.57. The molecule has 2 aromatic carbocycles. The van der Waals surface area contributed by atoms with Crippen molar-refractivity contribution in [3.63, 3.8) is 0 Å². The molecule has 5 N–H and O–H groups in total. The van der Waals surface area contributed by atoms with E-state index in [4.69, 9.17) is 29.0 Å². The number of alkyl halides is 1. The van der Waals surface area contributed by atoms with Gasteiger partial charge in [0.1, 0.15) is 60.8 Å². The monoisotopic (exact) mass is 687 g/mol. The number of rotatable bonds is 15. The van der Waals surface area contributed by atoms with E-state index in [-0.39, 0.29) is 23.9 Å². The van der Waals surface area contributed by atoms with Gasteiger partial charge in [0.05, 0.1) is 24.5 Å². The van der Waals surface area contributed by atoms with Crippen LogP contribution in [-0.2, 0) is 34.7 Å². The van der Waals surface area contributed by atoms with Gasteiger partial charge in [0, 0.05) is 0 Å². The number of carbonyl (C=O) groups is 1. The van der Waals surface area contributed by atoms with Gasteiger partial charge in [-0.3, -0.25) is 9.32 Å². The molecule has 0 amide bonds. The topological polar surface area (TPSA) is 189 Å². The average molecular weight is 688 g/mol. The smallest absolute Gasteiger partial charge is 0.459 e. The quantitative estimate of drug-likeness (QED) is 0.105. The van der Waals surface area contributed by atoms with Crippen molar-refractivity contribution in [1.29, 1.82) is 0 Å². The summed E-state index contributed by atoms with van der Waals surface area (Å²) in [5.41, 5.74) is 4.49. The van der Waals surface area contributed by atoms with Crippen molar-refractivity contribution in [3.8, 4) is 5.75 Å². The second kappa shape index (κ2) is 14.7. The molecule has 16 heteroatoms. The van der Waals surface area contributed by atoms with Crippen LogP contribution in [0.1, 0.15) is 38.1 Å². The van der Waals surface area contributed by atoms with E-state index in [1.807, 2.05) is 30.3 Å². The SMILES string of the molecule is C[C@H](N[P@@](=O)(OC[C@@]1(CF)O[C@@H](c2ccc3c(N)ncnn23)[C@H](O)[C@@H]1O)Oc1ccccc1)C(=O)OCC(C)(C)OCc1ccccc1. The minimum atomic E-state index is -4.51. The highest BCUT2D eigenvalue weighted by atomic mass is 31.2. The molecule has 2 aromatic heterocycles. The van der Waals surface area contributed by atoms with Crippen molar-refractivity contribution < 1.29 is 47.2 Å². The number of nitrogens with two attached hydrogens (primary N) is 1. The average Bonchev–Trinajstić information content (AvgIpc) is 3.62. The number of anilines is 1. The summed E-state index contributed by atoms with van der Waals surface area (Å²) in [7, 11) is -4.51. The Labute approximate surface area is 276 Å². The lowest BCUT2D eigenvalue weighted by atomic mass is 9.96. The first-order valence-corrected chi connectivity index (χ1v) is 16.7. The zero-order valence-electron chi connectivity index (χ0n) is 26.6. The lowest BCUT2D eigenvalue weighted by Gasteiger charge is -2.31. The summed E-state index contributed by atoms with van der Waals surface area (Å²) in [5, 5.41) is 28.6. The molecule has 5 rings (SSSR count). The largest absolute Gasteiger partial charge is 0.461 e. The molecular weight excluding hydrogens is 648 g/mol. The first-order chi connectivity index (χ1) is 22.9. The van der Waals surface area contributed by atoms with E-state index >= 15 is 0 Å². The van der Waals surface area contributed by atoms with E-state index in [1.54, 1.807) is 44.2 Å². The number of nitrogens with one attached hydrogen (secondary N) is 1. The van der Waals surface area contributed by atoms with E-state index in [0.717, 1.165) is 5.56 Å². The Morgan fingerprint density at radius 3 is 2.52 bits per heavy atom. The first-order valence-electron chi connectivity index (χ1n) is 15.1. The van der Waals surface area contributed by atoms with Crippen molar-refractivity contribution in [2.75, 3.05) is 25.6 Å². The Kier molecular flexibility index (Phi) is 10.8. The Hall–Kier alpha value is -3.95. The molecule has 0 bridgehead atoms. The number of nitrogens with zero attached hydrogens (tertiary/aromatic N) is 3. The first kappa shape index (κ1) is 35.4. The third-order valence-electron chi connectivity index (χ3n) is 7.75. The van der Waals surface area contributed by atoms with Gasteiger partial charge >= 0.3 is 13.7 Å². The maximum Gasteiger partial charge on any atom is 0.459 e. The number of para-hydroxylation sites is 1. The summed E-state index contributed by atoms with van der Waals surface area (Å²) >= 11 is 0. The minimum absolute atomic E-state index is 0.112. The van der Waals surface area contributed by atoms with Crippen LogP contribution in [0.15, 0.2) is 79.1 Å². The fourth-order valence-corrected chi connectivity index (χ4v) is 6.57. The van der Waals surface area contributed by atoms with Gasteiger partial charge in [-0.15, -0.1) is 0 Å². The van der Waals surface area contributed by atoms with Gasteiger partial charge in [-0.05, 0) is 50.6 Å². The van der Waals surface area contributed by atoms with E-state index < -0.39 is 62.6 Å². The summed E-state index contributed by atoms with van der Waals surface area (Å²) < 4.78 is 58.9. The molecular formula is C32H39FN5O9P. The zero-order valence-corrected chi connectivity index (χ0v) is 27.5. The number of aliphatic hydroxyl groups is 2. The van der Waals surface area contributed by atoms with Gasteiger partial charge in [0.15, 0.2) is 5.82 Å². The highest BCUT2D eigenvalue weighted by Crippen LogP contribution is 2.48. The van der Waals surface area contributed by atoms with Crippen LogP contribution >= 0.6 is 7.75 Å². The normalized spacial score (nSPS) is 23.1. The number of esters is 1. The van der Waals surface area contributed by atoms with Gasteiger partial charge in [-0.1, -0.05) is 48.5 Å². The van der Waals surface area contributed by atoms with Crippen LogP contribution in [0, 0.1) is 0 Å². The van der Waals surface area contributed by atoms with Gasteiger partial charge in [0.25, 0.3) is 0 Å². The number of benzene rings is 2. The number of aliphatic hydroxyl groups excluding tert-OH is 2. The zero-order chi connectivity index (χ0) is 34.5. The number of hydrogen-bond donors (Lipinski definition) is 4. The molecule has 6 atom stereocenters. The van der Waals surface area contributed by atoms with Crippen molar-refractivity contribution in [2.24, 2.45) is 0 Å². The molecule has 4 aromatic rings. The Morgan fingerprint density at radius 1 is 1.15 bits per heavy atom. The number of fused-ring (bicyclic) bond motifs is 1. The molecule has 258 valence electrons. The molecule has 1 saturated heterocycles. The summed E-state index contributed by atoms with van der Waals surface area (Å²) in [5.74, 6) is -0.521. The van der Waals surface area contributed by atoms with E-state index in [9.17, 15) is 24.0 Å². The van der Waals surface area contributed by atoms with Crippen LogP contribution in [0.25, 0.3) is 5.52 Å². The standard InChI is InChI=1S/C32H39FN5O9P/c1-21(30(41)43-18-31(2,3)44-16-22-10-6-4-7-11-22)37-48(42,47-23-12-8-5-9-13-23)45-19-32(17-33)28(40)26(39)27(46-32)24-14-15-25-29(34)35-20-36-38(24)25/h4-15,20-21,26-28,39-40H,16-19H2,1-3H3,(H,37,42)(H2,34,35,36)/t21-,26-,27-,28-,32+,48+/m0/s1. The third kappa shape index (κ3) is 8.01. The number of halogens is 1. The summed E-state index contributed by atoms with van der Waals surface area (Å²) in [6, 6.07) is 19.4. The van der Waals surface area contributed by atoms with Crippen molar-refractivity contribution in [3.05, 3.63) is 90.4 Å². The van der Waals surface area contributed by atoms with Crippen LogP contribution in [-0.4, -0.2) is 80.1 Å². The second-order valence-electron chi connectivity index (χ2n) is 12.0. The molecule has 1 aliphatic rings. The Morgan fingerprint density at radius 2 is 1.83 bits per heavy atom. The lowest BCUT2D eigenvalue weighted by molar-refractivity contribution is -0.155. The summed E-state index contributed by atoms with van der Waals surface area (Å²) in [6.45, 7) is 2.90. The van der Waals surface area contributed by atoms with Crippen LogP contribution in [0.3, 0.4) is 0 Å². The predicted molar refractivity (Wildman–Crippen MR) is 171 cm³/mol. The molecule has 1 fully saturated rings. The number of carbonyl (C=O) groups excluding carboxylic acids is 1. The van der Waals surface area contributed by atoms with Crippen molar-refractivity contribution in [2.45, 2.75) is 62.9 Å². The number of nitrogen functional groups attached to an aromatic ring is 1. The Balaban J connectivity index is 1.28. The third-order valence-corrected chi connectivity index (χ3v) is 9.37. The molecule has 0 unspecified atom stereocenters. The molecule has 48 heavy (non-hydrogen) atoms. The van der Waals surface area contributed by atoms with Crippen molar-refractivity contribution in [1.82, 2.24) is 19.7 Å². The van der Waals surface area contributed by atoms with Crippen molar-refractivity contribution >= 4 is 25.1 Å². The fourth-order valence-electron chi connectivity index (χ4n) is 5.02. The van der Waals surface area contributed by atoms with Gasteiger partial charge < -0.3 is 34.7 Å². The molecule has 14 nitrogen and oxygen atoms in total. The number of ether oxygens (including phenoxy) is 3. The summed E-state index contributed by atoms with van der Waals surface area (Å²) in [6.07, 6.45) is -3.55. The van der Waals surface area contributed by atoms with Crippen LogP contribution < -0.4 is 15.3 Å². The molecule has 0 aliphatic carbocycles. The second-order valence-corrected chi connectivity index (χ2v) is 13.7. The molecule has 1 aliphatic heterocycles.